The van der Waals surface area contributed by atoms with Gasteiger partial charge in [-0.15, -0.1) is 0 Å². The summed E-state index contributed by atoms with van der Waals surface area (Å²) in [7, 11) is 3.21. The van der Waals surface area contributed by atoms with Crippen molar-refractivity contribution in [1.82, 2.24) is 14.8 Å². The summed E-state index contributed by atoms with van der Waals surface area (Å²) >= 11 is 3.28. The molecule has 2 heterocycles. The second-order valence-corrected chi connectivity index (χ2v) is 6.23. The zero-order valence-corrected chi connectivity index (χ0v) is 15.9. The van der Waals surface area contributed by atoms with E-state index in [0.717, 1.165) is 11.3 Å². The Balaban J connectivity index is 1.64. The highest BCUT2D eigenvalue weighted by Gasteiger charge is 2.07. The average Bonchev–Trinajstić information content (AvgIpc) is 2.67. The molecule has 0 aliphatic heterocycles. The van der Waals surface area contributed by atoms with Crippen LogP contribution in [0.5, 0.6) is 17.4 Å². The van der Waals surface area contributed by atoms with Crippen LogP contribution in [0.3, 0.4) is 0 Å². The molecule has 0 amide bonds. The molecule has 0 saturated heterocycles. The Kier molecular flexibility index (Phi) is 5.52. The van der Waals surface area contributed by atoms with E-state index in [-0.39, 0.29) is 5.56 Å². The summed E-state index contributed by atoms with van der Waals surface area (Å²) in [6.07, 6.45) is 3.31. The molecule has 0 aliphatic carbocycles. The molecule has 0 bridgehead atoms. The Labute approximate surface area is 158 Å². The van der Waals surface area contributed by atoms with Gasteiger partial charge in [-0.3, -0.25) is 4.79 Å². The summed E-state index contributed by atoms with van der Waals surface area (Å²) in [5, 5.41) is 7.15. The minimum Gasteiger partial charge on any atom is -0.497 e. The van der Waals surface area contributed by atoms with Gasteiger partial charge in [0.05, 0.1) is 19.0 Å². The van der Waals surface area contributed by atoms with Crippen molar-refractivity contribution in [2.24, 2.45) is 7.05 Å². The van der Waals surface area contributed by atoms with Crippen molar-refractivity contribution in [3.8, 4) is 17.4 Å². The van der Waals surface area contributed by atoms with Crippen molar-refractivity contribution < 1.29 is 9.47 Å². The third-order valence-electron chi connectivity index (χ3n) is 3.62. The number of hydrogen-bond donors (Lipinski definition) is 1. The quantitative estimate of drug-likeness (QED) is 0.663. The van der Waals surface area contributed by atoms with Gasteiger partial charge in [-0.2, -0.15) is 5.10 Å². The van der Waals surface area contributed by atoms with E-state index in [0.29, 0.717) is 28.3 Å². The van der Waals surface area contributed by atoms with E-state index in [1.54, 1.807) is 38.7 Å². The Hall–Kier alpha value is -2.87. The number of benzene rings is 1. The van der Waals surface area contributed by atoms with Crippen molar-refractivity contribution in [3.05, 3.63) is 69.2 Å². The SMILES string of the molecule is COc1cccc(Oc2ccc(CNc3cnn(C)c(=O)c3Br)cn2)c1. The molecule has 0 saturated carbocycles. The topological polar surface area (TPSA) is 78.3 Å². The number of ether oxygens (including phenoxy) is 2. The molecule has 134 valence electrons. The summed E-state index contributed by atoms with van der Waals surface area (Å²) in [5.41, 5.74) is 1.37. The molecule has 3 rings (SSSR count). The second-order valence-electron chi connectivity index (χ2n) is 5.44. The lowest BCUT2D eigenvalue weighted by molar-refractivity contribution is 0.407. The van der Waals surface area contributed by atoms with Gasteiger partial charge in [0.1, 0.15) is 16.0 Å². The molecule has 2 aromatic heterocycles. The van der Waals surface area contributed by atoms with Gasteiger partial charge in [0.2, 0.25) is 5.88 Å². The molecule has 0 atom stereocenters. The largest absolute Gasteiger partial charge is 0.497 e. The molecular weight excluding hydrogens is 400 g/mol. The first-order valence-electron chi connectivity index (χ1n) is 7.79. The van der Waals surface area contributed by atoms with E-state index in [9.17, 15) is 4.79 Å². The number of rotatable bonds is 6. The van der Waals surface area contributed by atoms with Crippen molar-refractivity contribution in [3.63, 3.8) is 0 Å². The van der Waals surface area contributed by atoms with Crippen LogP contribution >= 0.6 is 15.9 Å². The molecule has 0 fully saturated rings. The van der Waals surface area contributed by atoms with E-state index in [4.69, 9.17) is 9.47 Å². The second kappa shape index (κ2) is 8.01. The van der Waals surface area contributed by atoms with Crippen molar-refractivity contribution in [1.29, 1.82) is 0 Å². The first kappa shape index (κ1) is 17.9. The molecule has 0 aliphatic rings. The van der Waals surface area contributed by atoms with Crippen LogP contribution in [0.4, 0.5) is 5.69 Å². The molecule has 1 N–H and O–H groups in total. The number of nitrogens with one attached hydrogen (secondary N) is 1. The summed E-state index contributed by atoms with van der Waals surface area (Å²) in [6.45, 7) is 0.500. The van der Waals surface area contributed by atoms with Crippen LogP contribution in [0, 0.1) is 0 Å². The highest BCUT2D eigenvalue weighted by molar-refractivity contribution is 9.10. The molecule has 0 radical (unpaired) electrons. The predicted octanol–water partition coefficient (Wildman–Crippen LogP) is 3.35. The maximum absolute atomic E-state index is 11.8. The molecule has 0 spiro atoms. The highest BCUT2D eigenvalue weighted by Crippen LogP contribution is 2.24. The Morgan fingerprint density at radius 1 is 1.19 bits per heavy atom. The van der Waals surface area contributed by atoms with Gasteiger partial charge in [-0.25, -0.2) is 9.67 Å². The van der Waals surface area contributed by atoms with E-state index < -0.39 is 0 Å². The van der Waals surface area contributed by atoms with Crippen LogP contribution in [0.1, 0.15) is 5.56 Å². The molecule has 8 heteroatoms. The fourth-order valence-electron chi connectivity index (χ4n) is 2.19. The molecule has 3 aromatic rings. The number of aryl methyl sites for hydroxylation is 1. The van der Waals surface area contributed by atoms with E-state index >= 15 is 0 Å². The summed E-state index contributed by atoms with van der Waals surface area (Å²) < 4.78 is 12.6. The van der Waals surface area contributed by atoms with Crippen LogP contribution in [-0.4, -0.2) is 21.9 Å². The van der Waals surface area contributed by atoms with Crippen LogP contribution in [0.25, 0.3) is 0 Å². The van der Waals surface area contributed by atoms with Crippen LogP contribution in [0.2, 0.25) is 0 Å². The average molecular weight is 417 g/mol. The maximum atomic E-state index is 11.8. The zero-order chi connectivity index (χ0) is 18.5. The standard InChI is InChI=1S/C18H17BrN4O3/c1-23-18(24)17(19)15(11-22-23)20-9-12-6-7-16(21-10-12)26-14-5-3-4-13(8-14)25-2/h3-8,10-11,20H,9H2,1-2H3. The maximum Gasteiger partial charge on any atom is 0.282 e. The number of nitrogens with zero attached hydrogens (tertiary/aromatic N) is 3. The smallest absolute Gasteiger partial charge is 0.282 e. The first-order valence-corrected chi connectivity index (χ1v) is 8.58. The third kappa shape index (κ3) is 4.20. The van der Waals surface area contributed by atoms with Crippen LogP contribution < -0.4 is 20.3 Å². The minimum absolute atomic E-state index is 0.199. The van der Waals surface area contributed by atoms with Gasteiger partial charge in [0, 0.05) is 31.9 Å². The van der Waals surface area contributed by atoms with Gasteiger partial charge in [0.25, 0.3) is 5.56 Å². The monoisotopic (exact) mass is 416 g/mol. The highest BCUT2D eigenvalue weighted by atomic mass is 79.9. The van der Waals surface area contributed by atoms with Crippen molar-refractivity contribution in [2.75, 3.05) is 12.4 Å². The number of halogens is 1. The predicted molar refractivity (Wildman–Crippen MR) is 102 cm³/mol. The van der Waals surface area contributed by atoms with E-state index in [1.807, 2.05) is 24.3 Å². The number of methoxy groups -OCH3 is 1. The van der Waals surface area contributed by atoms with Crippen molar-refractivity contribution in [2.45, 2.75) is 6.54 Å². The van der Waals surface area contributed by atoms with E-state index in [2.05, 4.69) is 31.3 Å². The molecule has 26 heavy (non-hydrogen) atoms. The fourth-order valence-corrected chi connectivity index (χ4v) is 2.69. The Morgan fingerprint density at radius 3 is 2.73 bits per heavy atom. The lowest BCUT2D eigenvalue weighted by Crippen LogP contribution is -2.21. The molecular formula is C18H17BrN4O3. The molecule has 1 aromatic carbocycles. The summed E-state index contributed by atoms with van der Waals surface area (Å²) in [4.78, 5) is 16.1. The van der Waals surface area contributed by atoms with Gasteiger partial charge in [0.15, 0.2) is 0 Å². The number of anilines is 1. The normalized spacial score (nSPS) is 10.4. The Morgan fingerprint density at radius 2 is 2.00 bits per heavy atom. The Bertz CT molecular complexity index is 957. The van der Waals surface area contributed by atoms with Crippen LogP contribution in [0.15, 0.2) is 58.1 Å². The molecule has 7 nitrogen and oxygen atoms in total. The summed E-state index contributed by atoms with van der Waals surface area (Å²) in [5.74, 6) is 1.85. The number of pyridine rings is 1. The number of aromatic nitrogens is 3. The summed E-state index contributed by atoms with van der Waals surface area (Å²) in [6, 6.07) is 11.0. The zero-order valence-electron chi connectivity index (χ0n) is 14.3. The van der Waals surface area contributed by atoms with Gasteiger partial charge < -0.3 is 14.8 Å². The van der Waals surface area contributed by atoms with E-state index in [1.165, 1.54) is 4.68 Å². The van der Waals surface area contributed by atoms with Crippen LogP contribution in [-0.2, 0) is 13.6 Å². The number of hydrogen-bond acceptors (Lipinski definition) is 6. The fraction of sp³-hybridized carbons (Fsp3) is 0.167. The first-order chi connectivity index (χ1) is 12.6. The van der Waals surface area contributed by atoms with Gasteiger partial charge >= 0.3 is 0 Å². The lowest BCUT2D eigenvalue weighted by Gasteiger charge is -2.10. The lowest BCUT2D eigenvalue weighted by atomic mass is 10.3. The van der Waals surface area contributed by atoms with Crippen molar-refractivity contribution >= 4 is 21.6 Å². The van der Waals surface area contributed by atoms with Gasteiger partial charge in [-0.1, -0.05) is 12.1 Å². The molecule has 0 unspecified atom stereocenters. The third-order valence-corrected chi connectivity index (χ3v) is 4.39. The minimum atomic E-state index is -0.199. The van der Waals surface area contributed by atoms with Gasteiger partial charge in [-0.05, 0) is 33.6 Å².